The average Bonchev–Trinajstić information content (AvgIpc) is 2.18. The van der Waals surface area contributed by atoms with E-state index in [1.165, 1.54) is 10.8 Å². The minimum Gasteiger partial charge on any atom is -0.128 e. The van der Waals surface area contributed by atoms with Crippen molar-refractivity contribution < 1.29 is 0 Å². The normalized spacial score (nSPS) is 9.54. The molecule has 0 N–H and O–H groups in total. The predicted octanol–water partition coefficient (Wildman–Crippen LogP) is 3.64. The van der Waals surface area contributed by atoms with Crippen molar-refractivity contribution in [3.8, 4) is 0 Å². The van der Waals surface area contributed by atoms with E-state index in [1.807, 2.05) is 18.2 Å². The molecule has 0 fully saturated rings. The van der Waals surface area contributed by atoms with E-state index in [4.69, 9.17) is 0 Å². The van der Waals surface area contributed by atoms with E-state index in [2.05, 4.69) is 42.6 Å². The standard InChI is InChI=1S/C13H10/c1-2-5-11-8-9-12-6-3-4-7-13(12)10-11/h3-10H,1H2. The van der Waals surface area contributed by atoms with Crippen LogP contribution in [0.1, 0.15) is 5.56 Å². The molecule has 13 heavy (non-hydrogen) atoms. The highest BCUT2D eigenvalue weighted by Crippen LogP contribution is 2.15. The van der Waals surface area contributed by atoms with Gasteiger partial charge in [-0.2, -0.15) is 0 Å². The molecule has 0 spiro atoms. The van der Waals surface area contributed by atoms with E-state index in [1.54, 1.807) is 0 Å². The molecule has 0 nitrogen and oxygen atoms in total. The molecule has 62 valence electrons. The van der Waals surface area contributed by atoms with Crippen molar-refractivity contribution in [2.75, 3.05) is 0 Å². The summed E-state index contributed by atoms with van der Waals surface area (Å²) < 4.78 is 0. The van der Waals surface area contributed by atoms with Gasteiger partial charge in [0.2, 0.25) is 0 Å². The molecule has 2 aromatic rings. The van der Waals surface area contributed by atoms with E-state index in [0.717, 1.165) is 5.56 Å². The van der Waals surface area contributed by atoms with E-state index < -0.39 is 0 Å². The van der Waals surface area contributed by atoms with Crippen LogP contribution in [0.15, 0.2) is 54.8 Å². The fourth-order valence-corrected chi connectivity index (χ4v) is 1.42. The Kier molecular flexibility index (Phi) is 1.99. The second-order valence-corrected chi connectivity index (χ2v) is 2.96. The van der Waals surface area contributed by atoms with Crippen LogP contribution in [0.3, 0.4) is 0 Å². The fraction of sp³-hybridized carbons (Fsp3) is 0. The molecular formula is C13H10. The highest BCUT2D eigenvalue weighted by molar-refractivity contribution is 5.84. The second-order valence-electron chi connectivity index (χ2n) is 2.96. The number of hydrogen-bond donors (Lipinski definition) is 0. The lowest BCUT2D eigenvalue weighted by atomic mass is 10.1. The van der Waals surface area contributed by atoms with E-state index >= 15 is 0 Å². The van der Waals surface area contributed by atoms with Crippen molar-refractivity contribution in [2.24, 2.45) is 0 Å². The van der Waals surface area contributed by atoms with Crippen LogP contribution >= 0.6 is 0 Å². The summed E-state index contributed by atoms with van der Waals surface area (Å²) in [6.45, 7) is 3.56. The number of hydrogen-bond acceptors (Lipinski definition) is 0. The first kappa shape index (κ1) is 7.85. The monoisotopic (exact) mass is 166 g/mol. The van der Waals surface area contributed by atoms with Gasteiger partial charge in [0.1, 0.15) is 0 Å². The number of fused-ring (bicyclic) bond motifs is 1. The molecule has 0 saturated heterocycles. The molecule has 0 aliphatic heterocycles. The van der Waals surface area contributed by atoms with Crippen molar-refractivity contribution >= 4 is 16.8 Å². The topological polar surface area (TPSA) is 0 Å². The molecule has 0 aromatic heterocycles. The lowest BCUT2D eigenvalue weighted by Gasteiger charge is -1.97. The van der Waals surface area contributed by atoms with Gasteiger partial charge in [-0.25, -0.2) is 0 Å². The Bertz CT molecular complexity index is 474. The fourth-order valence-electron chi connectivity index (χ4n) is 1.42. The molecule has 0 aliphatic carbocycles. The molecule has 0 atom stereocenters. The van der Waals surface area contributed by atoms with Crippen LogP contribution in [-0.2, 0) is 0 Å². The SMILES string of the molecule is C=C=Cc1ccc2ccccc2c1. The third-order valence-electron chi connectivity index (χ3n) is 2.04. The second kappa shape index (κ2) is 3.30. The van der Waals surface area contributed by atoms with Crippen LogP contribution in [0.2, 0.25) is 0 Å². The van der Waals surface area contributed by atoms with E-state index in [0.29, 0.717) is 0 Å². The smallest absolute Gasteiger partial charge is 0.0133 e. The van der Waals surface area contributed by atoms with Gasteiger partial charge >= 0.3 is 0 Å². The maximum Gasteiger partial charge on any atom is -0.0133 e. The lowest BCUT2D eigenvalue weighted by Crippen LogP contribution is -1.73. The molecule has 2 aromatic carbocycles. The third kappa shape index (κ3) is 1.53. The number of benzene rings is 2. The molecule has 0 unspecified atom stereocenters. The first-order valence-electron chi connectivity index (χ1n) is 4.25. The Hall–Kier alpha value is -1.78. The molecule has 0 heterocycles. The Balaban J connectivity index is 2.68. The van der Waals surface area contributed by atoms with Crippen molar-refractivity contribution in [2.45, 2.75) is 0 Å². The van der Waals surface area contributed by atoms with Crippen molar-refractivity contribution in [1.82, 2.24) is 0 Å². The van der Waals surface area contributed by atoms with Gasteiger partial charge in [-0.3, -0.25) is 0 Å². The molecule has 0 radical (unpaired) electrons. The quantitative estimate of drug-likeness (QED) is 0.567. The summed E-state index contributed by atoms with van der Waals surface area (Å²) in [6, 6.07) is 14.6. The molecule has 0 amide bonds. The molecule has 0 saturated carbocycles. The Morgan fingerprint density at radius 1 is 1.00 bits per heavy atom. The van der Waals surface area contributed by atoms with Gasteiger partial charge < -0.3 is 0 Å². The van der Waals surface area contributed by atoms with E-state index in [-0.39, 0.29) is 0 Å². The average molecular weight is 166 g/mol. The molecule has 0 aliphatic rings. The van der Waals surface area contributed by atoms with Gasteiger partial charge in [0, 0.05) is 0 Å². The molecular weight excluding hydrogens is 156 g/mol. The van der Waals surface area contributed by atoms with Crippen molar-refractivity contribution in [3.63, 3.8) is 0 Å². The summed E-state index contributed by atoms with van der Waals surface area (Å²) in [7, 11) is 0. The highest BCUT2D eigenvalue weighted by atomic mass is 14.0. The summed E-state index contributed by atoms with van der Waals surface area (Å²) >= 11 is 0. The van der Waals surface area contributed by atoms with Crippen molar-refractivity contribution in [3.05, 3.63) is 60.3 Å². The highest BCUT2D eigenvalue weighted by Gasteiger charge is 1.91. The van der Waals surface area contributed by atoms with Crippen LogP contribution in [0, 0.1) is 0 Å². The van der Waals surface area contributed by atoms with E-state index in [9.17, 15) is 0 Å². The lowest BCUT2D eigenvalue weighted by molar-refractivity contribution is 1.71. The minimum atomic E-state index is 1.15. The largest absolute Gasteiger partial charge is 0.128 e. The Morgan fingerprint density at radius 3 is 2.54 bits per heavy atom. The molecule has 0 bridgehead atoms. The maximum absolute atomic E-state index is 3.56. The molecule has 0 heteroatoms. The summed E-state index contributed by atoms with van der Waals surface area (Å²) in [4.78, 5) is 0. The zero-order valence-corrected chi connectivity index (χ0v) is 7.33. The summed E-state index contributed by atoms with van der Waals surface area (Å²) in [5.41, 5.74) is 3.92. The van der Waals surface area contributed by atoms with Crippen molar-refractivity contribution in [1.29, 1.82) is 0 Å². The van der Waals surface area contributed by atoms with Gasteiger partial charge in [-0.1, -0.05) is 43.0 Å². The zero-order valence-electron chi connectivity index (χ0n) is 7.33. The predicted molar refractivity (Wildman–Crippen MR) is 57.6 cm³/mol. The van der Waals surface area contributed by atoms with Crippen LogP contribution in [0.25, 0.3) is 16.8 Å². The van der Waals surface area contributed by atoms with Gasteiger partial charge in [0.25, 0.3) is 0 Å². The Labute approximate surface area is 77.8 Å². The molecule has 2 rings (SSSR count). The first-order valence-corrected chi connectivity index (χ1v) is 4.25. The van der Waals surface area contributed by atoms with Crippen LogP contribution in [0.5, 0.6) is 0 Å². The third-order valence-corrected chi connectivity index (χ3v) is 2.04. The first-order chi connectivity index (χ1) is 6.40. The van der Waals surface area contributed by atoms with Crippen LogP contribution in [0.4, 0.5) is 0 Å². The summed E-state index contributed by atoms with van der Waals surface area (Å²) in [5.74, 6) is 0. The summed E-state index contributed by atoms with van der Waals surface area (Å²) in [5, 5.41) is 2.52. The van der Waals surface area contributed by atoms with Gasteiger partial charge in [-0.05, 0) is 28.5 Å². The van der Waals surface area contributed by atoms with Gasteiger partial charge in [0.15, 0.2) is 0 Å². The van der Waals surface area contributed by atoms with Crippen LogP contribution in [-0.4, -0.2) is 0 Å². The summed E-state index contributed by atoms with van der Waals surface area (Å²) in [6.07, 6.45) is 1.88. The maximum atomic E-state index is 3.56. The minimum absolute atomic E-state index is 1.15. The van der Waals surface area contributed by atoms with Gasteiger partial charge in [-0.15, -0.1) is 5.73 Å². The zero-order chi connectivity index (χ0) is 9.10. The Morgan fingerprint density at radius 2 is 1.77 bits per heavy atom. The van der Waals surface area contributed by atoms with Gasteiger partial charge in [0.05, 0.1) is 0 Å². The number of rotatable bonds is 1. The van der Waals surface area contributed by atoms with Crippen LogP contribution < -0.4 is 0 Å².